The molecule has 0 saturated carbocycles. The van der Waals surface area contributed by atoms with E-state index in [1.54, 1.807) is 12.1 Å². The van der Waals surface area contributed by atoms with Gasteiger partial charge in [0.05, 0.1) is 27.2 Å². The monoisotopic (exact) mass is 610 g/mol. The molecule has 0 spiro atoms. The second-order valence-electron chi connectivity index (χ2n) is 7.25. The molecule has 0 heterocycles. The molecule has 0 saturated heterocycles. The number of methoxy groups -OCH3 is 1. The van der Waals surface area contributed by atoms with Gasteiger partial charge in [0.1, 0.15) is 11.5 Å². The first-order valence-corrected chi connectivity index (χ1v) is 12.2. The quantitative estimate of drug-likeness (QED) is 0.223. The van der Waals surface area contributed by atoms with E-state index in [1.807, 2.05) is 0 Å². The lowest BCUT2D eigenvalue weighted by Crippen LogP contribution is -2.13. The normalized spacial score (nSPS) is 12.6. The zero-order valence-electron chi connectivity index (χ0n) is 17.9. The number of hydrogen-bond acceptors (Lipinski definition) is 7. The standard InChI is InChI=1S/C23H18Br2NO7P/c1-23(30,34-31)13-9-17(24)20(18(25)10-13)33-15-7-8-19(27)16(11-15)21(28)26-14-5-3-12(4-6-14)22(29)32-2/h3-11,27,30H,1-2H3,(H,26,28)/p+1. The fourth-order valence-corrected chi connectivity index (χ4v) is 4.49. The lowest BCUT2D eigenvalue weighted by Gasteiger charge is -2.15. The SMILES string of the molecule is COC(=O)c1ccc(NC(=O)c2cc(Oc3c(Br)cc(C(C)(O)[PH+]=O)cc3Br)ccc2O)cc1. The van der Waals surface area contributed by atoms with Crippen LogP contribution in [0.25, 0.3) is 0 Å². The Hall–Kier alpha value is -2.78. The molecule has 8 nitrogen and oxygen atoms in total. The van der Waals surface area contributed by atoms with Gasteiger partial charge >= 0.3 is 14.4 Å². The van der Waals surface area contributed by atoms with Crippen LogP contribution >= 0.6 is 40.3 Å². The lowest BCUT2D eigenvalue weighted by molar-refractivity contribution is 0.0600. The second kappa shape index (κ2) is 10.7. The van der Waals surface area contributed by atoms with Crippen molar-refractivity contribution < 1.29 is 33.8 Å². The van der Waals surface area contributed by atoms with Gasteiger partial charge in [-0.15, -0.1) is 0 Å². The Bertz CT molecular complexity index is 1240. The van der Waals surface area contributed by atoms with Crippen LogP contribution in [-0.2, 0) is 14.6 Å². The van der Waals surface area contributed by atoms with Crippen molar-refractivity contribution in [3.8, 4) is 17.2 Å². The number of phenolic OH excluding ortho intramolecular Hbond substituents is 1. The number of rotatable bonds is 7. The number of hydrogen-bond donors (Lipinski definition) is 3. The molecular formula is C23H19Br2NO7P+. The highest BCUT2D eigenvalue weighted by Crippen LogP contribution is 2.42. The summed E-state index contributed by atoms with van der Waals surface area (Å²) in [7, 11) is 0.308. The number of phenols is 1. The first-order valence-electron chi connectivity index (χ1n) is 9.67. The van der Waals surface area contributed by atoms with Crippen molar-refractivity contribution >= 4 is 57.9 Å². The van der Waals surface area contributed by atoms with Crippen molar-refractivity contribution in [1.82, 2.24) is 0 Å². The maximum atomic E-state index is 12.7. The van der Waals surface area contributed by atoms with Crippen LogP contribution in [-0.4, -0.2) is 29.2 Å². The topological polar surface area (TPSA) is 122 Å². The summed E-state index contributed by atoms with van der Waals surface area (Å²) in [5.74, 6) is -0.727. The van der Waals surface area contributed by atoms with E-state index in [-0.39, 0.29) is 17.1 Å². The van der Waals surface area contributed by atoms with E-state index >= 15 is 0 Å². The molecule has 176 valence electrons. The lowest BCUT2D eigenvalue weighted by atomic mass is 10.1. The Morgan fingerprint density at radius 2 is 1.65 bits per heavy atom. The van der Waals surface area contributed by atoms with Crippen LogP contribution in [0, 0.1) is 0 Å². The minimum Gasteiger partial charge on any atom is -0.507 e. The molecule has 2 atom stereocenters. The van der Waals surface area contributed by atoms with Gasteiger partial charge < -0.3 is 25.0 Å². The number of ether oxygens (including phenoxy) is 2. The molecule has 0 aliphatic carbocycles. The van der Waals surface area contributed by atoms with Crippen LogP contribution < -0.4 is 10.1 Å². The minimum absolute atomic E-state index is 0.0334. The number of benzene rings is 3. The third kappa shape index (κ3) is 5.82. The molecule has 34 heavy (non-hydrogen) atoms. The predicted molar refractivity (Wildman–Crippen MR) is 134 cm³/mol. The van der Waals surface area contributed by atoms with Crippen LogP contribution in [0.15, 0.2) is 63.5 Å². The van der Waals surface area contributed by atoms with Crippen molar-refractivity contribution in [2.45, 2.75) is 12.3 Å². The fourth-order valence-electron chi connectivity index (χ4n) is 2.88. The first kappa shape index (κ1) is 25.8. The molecular weight excluding hydrogens is 593 g/mol. The number of nitrogens with one attached hydrogen (secondary N) is 1. The summed E-state index contributed by atoms with van der Waals surface area (Å²) in [5, 5.41) is 21.6. The molecule has 3 aromatic carbocycles. The van der Waals surface area contributed by atoms with Gasteiger partial charge in [-0.05, 0) is 86.5 Å². The number of aliphatic hydroxyl groups is 1. The third-order valence-electron chi connectivity index (χ3n) is 4.76. The first-order chi connectivity index (χ1) is 16.1. The fraction of sp³-hybridized carbons (Fsp3) is 0.130. The van der Waals surface area contributed by atoms with Crippen LogP contribution in [0.3, 0.4) is 0 Å². The summed E-state index contributed by atoms with van der Waals surface area (Å²) in [6.45, 7) is 1.43. The highest BCUT2D eigenvalue weighted by Gasteiger charge is 2.33. The van der Waals surface area contributed by atoms with E-state index in [0.717, 1.165) is 0 Å². The average Bonchev–Trinajstić information content (AvgIpc) is 2.82. The zero-order valence-corrected chi connectivity index (χ0v) is 22.1. The molecule has 0 bridgehead atoms. The van der Waals surface area contributed by atoms with Gasteiger partial charge in [-0.25, -0.2) is 4.79 Å². The molecule has 3 rings (SSSR count). The number of esters is 1. The van der Waals surface area contributed by atoms with E-state index in [2.05, 4.69) is 41.9 Å². The number of amides is 1. The predicted octanol–water partition coefficient (Wildman–Crippen LogP) is 5.94. The molecule has 0 aliphatic heterocycles. The highest BCUT2D eigenvalue weighted by molar-refractivity contribution is 9.11. The summed E-state index contributed by atoms with van der Waals surface area (Å²) >= 11 is 6.76. The molecule has 0 fully saturated rings. The Morgan fingerprint density at radius 3 is 2.21 bits per heavy atom. The van der Waals surface area contributed by atoms with Crippen LogP contribution in [0.5, 0.6) is 17.2 Å². The Morgan fingerprint density at radius 1 is 1.03 bits per heavy atom. The van der Waals surface area contributed by atoms with Crippen LogP contribution in [0.1, 0.15) is 33.2 Å². The summed E-state index contributed by atoms with van der Waals surface area (Å²) in [6.07, 6.45) is 0. The highest BCUT2D eigenvalue weighted by atomic mass is 79.9. The smallest absolute Gasteiger partial charge is 0.364 e. The van der Waals surface area contributed by atoms with E-state index in [4.69, 9.17) is 4.74 Å². The van der Waals surface area contributed by atoms with E-state index in [9.17, 15) is 24.4 Å². The Balaban J connectivity index is 1.83. The van der Waals surface area contributed by atoms with Gasteiger partial charge in [0.15, 0.2) is 5.75 Å². The number of aromatic hydroxyl groups is 1. The molecule has 0 aliphatic rings. The maximum Gasteiger partial charge on any atom is 0.364 e. The summed E-state index contributed by atoms with van der Waals surface area (Å²) in [6, 6.07) is 13.4. The van der Waals surface area contributed by atoms with Crippen molar-refractivity contribution in [2.24, 2.45) is 0 Å². The Labute approximate surface area is 213 Å². The zero-order chi connectivity index (χ0) is 25.0. The summed E-state index contributed by atoms with van der Waals surface area (Å²) in [5.41, 5.74) is 1.12. The number of carbonyl (C=O) groups is 2. The van der Waals surface area contributed by atoms with E-state index in [1.165, 1.54) is 56.5 Å². The molecule has 2 unspecified atom stereocenters. The summed E-state index contributed by atoms with van der Waals surface area (Å²) in [4.78, 5) is 24.3. The number of anilines is 1. The van der Waals surface area contributed by atoms with Crippen molar-refractivity contribution in [2.75, 3.05) is 12.4 Å². The maximum absolute atomic E-state index is 12.7. The van der Waals surface area contributed by atoms with E-state index in [0.29, 0.717) is 31.5 Å². The second-order valence-corrected chi connectivity index (χ2v) is 10.1. The molecule has 0 radical (unpaired) electrons. The van der Waals surface area contributed by atoms with E-state index < -0.39 is 25.7 Å². The molecule has 3 N–H and O–H groups in total. The van der Waals surface area contributed by atoms with Crippen molar-refractivity contribution in [3.63, 3.8) is 0 Å². The van der Waals surface area contributed by atoms with Gasteiger partial charge in [-0.2, -0.15) is 0 Å². The van der Waals surface area contributed by atoms with Gasteiger partial charge in [0.2, 0.25) is 0 Å². The molecule has 0 aromatic heterocycles. The number of halogens is 2. The van der Waals surface area contributed by atoms with Crippen molar-refractivity contribution in [3.05, 3.63) is 80.2 Å². The molecule has 3 aromatic rings. The third-order valence-corrected chi connectivity index (χ3v) is 6.62. The molecule has 1 amide bonds. The van der Waals surface area contributed by atoms with Gasteiger partial charge in [0, 0.05) is 18.2 Å². The van der Waals surface area contributed by atoms with Crippen LogP contribution in [0.2, 0.25) is 0 Å². The van der Waals surface area contributed by atoms with Gasteiger partial charge in [-0.1, -0.05) is 4.57 Å². The van der Waals surface area contributed by atoms with Gasteiger partial charge in [0.25, 0.3) is 11.2 Å². The largest absolute Gasteiger partial charge is 0.507 e. The van der Waals surface area contributed by atoms with Crippen LogP contribution in [0.4, 0.5) is 5.69 Å². The minimum atomic E-state index is -1.53. The Kier molecular flexibility index (Phi) is 8.09. The average molecular weight is 612 g/mol. The summed E-state index contributed by atoms with van der Waals surface area (Å²) < 4.78 is 22.8. The molecule has 11 heteroatoms. The van der Waals surface area contributed by atoms with Crippen molar-refractivity contribution in [1.29, 1.82) is 0 Å². The number of carbonyl (C=O) groups excluding carboxylic acids is 2. The van der Waals surface area contributed by atoms with Gasteiger partial charge in [-0.3, -0.25) is 4.79 Å².